The van der Waals surface area contributed by atoms with Gasteiger partial charge in [0, 0.05) is 19.1 Å². The predicted molar refractivity (Wildman–Crippen MR) is 106 cm³/mol. The zero-order valence-electron chi connectivity index (χ0n) is 17.3. The molecule has 0 aliphatic carbocycles. The number of hydrogen-bond acceptors (Lipinski definition) is 8. The van der Waals surface area contributed by atoms with Gasteiger partial charge in [0.05, 0.1) is 11.3 Å². The maximum Gasteiger partial charge on any atom is 0.573 e. The number of piperidine rings is 1. The largest absolute Gasteiger partial charge is 0.573 e. The van der Waals surface area contributed by atoms with Crippen LogP contribution < -0.4 is 20.0 Å². The van der Waals surface area contributed by atoms with Gasteiger partial charge < -0.3 is 29.7 Å². The summed E-state index contributed by atoms with van der Waals surface area (Å²) in [4.78, 5) is 25.9. The predicted octanol–water partition coefficient (Wildman–Crippen LogP) is 2.71. The van der Waals surface area contributed by atoms with E-state index in [0.717, 1.165) is 0 Å². The zero-order valence-corrected chi connectivity index (χ0v) is 17.3. The summed E-state index contributed by atoms with van der Waals surface area (Å²) in [5.74, 6) is 0.428. The molecule has 1 aromatic heterocycles. The molecular formula is C20H21F3N5O4-. The van der Waals surface area contributed by atoms with E-state index in [-0.39, 0.29) is 17.7 Å². The molecule has 32 heavy (non-hydrogen) atoms. The third-order valence-electron chi connectivity index (χ3n) is 4.91. The van der Waals surface area contributed by atoms with Crippen LogP contribution in [0.25, 0.3) is 0 Å². The van der Waals surface area contributed by atoms with Crippen LogP contribution in [0.2, 0.25) is 0 Å². The highest BCUT2D eigenvalue weighted by molar-refractivity contribution is 5.98. The quantitative estimate of drug-likeness (QED) is 0.530. The molecule has 1 fully saturated rings. The molecule has 1 saturated heterocycles. The fourth-order valence-corrected chi connectivity index (χ4v) is 3.13. The lowest BCUT2D eigenvalue weighted by atomic mass is 10.1. The summed E-state index contributed by atoms with van der Waals surface area (Å²) < 4.78 is 40.6. The minimum absolute atomic E-state index is 0.0368. The van der Waals surface area contributed by atoms with E-state index >= 15 is 0 Å². The second kappa shape index (κ2) is 9.71. The standard InChI is InChI=1S/C20H22F3N5O4/c1-12-17(26-15-7-9-28(10-8-15)19(29)30)24-11-25-18(12)32-27-13(2)14-3-5-16(6-4-14)31-20(21,22)23/h3-6,11,15H,7-10H2,1-2H3,(H,29,30)(H,24,25,26)/p-1. The van der Waals surface area contributed by atoms with E-state index in [1.807, 2.05) is 0 Å². The lowest BCUT2D eigenvalue weighted by Gasteiger charge is -2.34. The first kappa shape index (κ1) is 23.1. The molecule has 0 bridgehead atoms. The van der Waals surface area contributed by atoms with E-state index in [1.165, 1.54) is 35.5 Å². The number of anilines is 1. The molecule has 12 heteroatoms. The average Bonchev–Trinajstić information content (AvgIpc) is 2.74. The van der Waals surface area contributed by atoms with Crippen molar-refractivity contribution in [2.75, 3.05) is 18.4 Å². The molecule has 1 aromatic carbocycles. The molecule has 1 N–H and O–H groups in total. The molecule has 2 heterocycles. The number of nitrogens with one attached hydrogen (secondary N) is 1. The van der Waals surface area contributed by atoms with Crippen molar-refractivity contribution in [2.45, 2.75) is 39.1 Å². The van der Waals surface area contributed by atoms with Gasteiger partial charge in [0.25, 0.3) is 5.88 Å². The van der Waals surface area contributed by atoms with Gasteiger partial charge >= 0.3 is 6.36 Å². The Balaban J connectivity index is 1.63. The van der Waals surface area contributed by atoms with Crippen LogP contribution in [0.3, 0.4) is 0 Å². The van der Waals surface area contributed by atoms with Gasteiger partial charge in [0.2, 0.25) is 0 Å². The molecule has 2 aromatic rings. The number of rotatable bonds is 6. The Bertz CT molecular complexity index is 974. The van der Waals surface area contributed by atoms with Crippen molar-refractivity contribution in [2.24, 2.45) is 5.16 Å². The van der Waals surface area contributed by atoms with Crippen molar-refractivity contribution in [1.82, 2.24) is 14.9 Å². The van der Waals surface area contributed by atoms with E-state index in [1.54, 1.807) is 13.8 Å². The highest BCUT2D eigenvalue weighted by atomic mass is 19.4. The lowest BCUT2D eigenvalue weighted by Crippen LogP contribution is -2.47. The van der Waals surface area contributed by atoms with Gasteiger partial charge in [-0.1, -0.05) is 5.16 Å². The normalized spacial score (nSPS) is 15.4. The molecule has 1 aliphatic heterocycles. The maximum atomic E-state index is 12.3. The number of aromatic nitrogens is 2. The number of carboxylic acid groups (broad SMARTS) is 1. The fraction of sp³-hybridized carbons (Fsp3) is 0.400. The van der Waals surface area contributed by atoms with Crippen LogP contribution in [0.15, 0.2) is 35.7 Å². The van der Waals surface area contributed by atoms with Gasteiger partial charge in [-0.2, -0.15) is 4.98 Å². The van der Waals surface area contributed by atoms with E-state index in [0.29, 0.717) is 48.6 Å². The van der Waals surface area contributed by atoms with E-state index in [4.69, 9.17) is 4.84 Å². The van der Waals surface area contributed by atoms with Gasteiger partial charge in [-0.05, 0) is 56.5 Å². The van der Waals surface area contributed by atoms with Crippen molar-refractivity contribution in [3.63, 3.8) is 0 Å². The summed E-state index contributed by atoms with van der Waals surface area (Å²) in [5.41, 5.74) is 1.58. The van der Waals surface area contributed by atoms with E-state index in [9.17, 15) is 23.1 Å². The Morgan fingerprint density at radius 3 is 2.47 bits per heavy atom. The number of nitrogens with zero attached hydrogens (tertiary/aromatic N) is 4. The monoisotopic (exact) mass is 452 g/mol. The Morgan fingerprint density at radius 1 is 1.22 bits per heavy atom. The first-order chi connectivity index (χ1) is 15.1. The van der Waals surface area contributed by atoms with Crippen molar-refractivity contribution in [1.29, 1.82) is 0 Å². The second-order valence-corrected chi connectivity index (χ2v) is 7.16. The molecule has 0 spiro atoms. The molecule has 9 nitrogen and oxygen atoms in total. The van der Waals surface area contributed by atoms with Gasteiger partial charge in [-0.25, -0.2) is 4.98 Å². The number of oxime groups is 1. The molecule has 1 aliphatic rings. The van der Waals surface area contributed by atoms with Crippen molar-refractivity contribution in [3.8, 4) is 11.6 Å². The van der Waals surface area contributed by atoms with Crippen LogP contribution in [0.5, 0.6) is 11.6 Å². The molecular weight excluding hydrogens is 431 g/mol. The molecule has 0 unspecified atom stereocenters. The number of carbonyl (C=O) groups is 1. The van der Waals surface area contributed by atoms with Crippen molar-refractivity contribution < 1.29 is 32.6 Å². The van der Waals surface area contributed by atoms with Gasteiger partial charge in [-0.15, -0.1) is 13.2 Å². The Kier molecular flexibility index (Phi) is 7.01. The second-order valence-electron chi connectivity index (χ2n) is 7.16. The number of carbonyl (C=O) groups excluding carboxylic acids is 1. The maximum absolute atomic E-state index is 12.3. The van der Waals surface area contributed by atoms with Gasteiger partial charge in [-0.3, -0.25) is 0 Å². The van der Waals surface area contributed by atoms with Crippen molar-refractivity contribution in [3.05, 3.63) is 41.7 Å². The minimum atomic E-state index is -4.76. The van der Waals surface area contributed by atoms with Gasteiger partial charge in [0.1, 0.15) is 24.0 Å². The highest BCUT2D eigenvalue weighted by Gasteiger charge is 2.31. The minimum Gasteiger partial charge on any atom is -0.530 e. The SMILES string of the molecule is CC(=NOc1ncnc(NC2CCN(C(=O)[O-])CC2)c1C)c1ccc(OC(F)(F)F)cc1. The number of ether oxygens (including phenoxy) is 1. The number of hydrogen-bond donors (Lipinski definition) is 1. The van der Waals surface area contributed by atoms with Gasteiger partial charge in [0.15, 0.2) is 0 Å². The topological polar surface area (TPSA) is 112 Å². The zero-order chi connectivity index (χ0) is 23.3. The first-order valence-corrected chi connectivity index (χ1v) is 9.74. The van der Waals surface area contributed by atoms with Crippen LogP contribution in [-0.4, -0.2) is 52.2 Å². The van der Waals surface area contributed by atoms with E-state index < -0.39 is 12.5 Å². The molecule has 1 amide bonds. The summed E-state index contributed by atoms with van der Waals surface area (Å²) in [5, 5.41) is 18.2. The Morgan fingerprint density at radius 2 is 1.88 bits per heavy atom. The molecule has 172 valence electrons. The Labute approximate surface area is 181 Å². The number of alkyl halides is 3. The molecule has 3 rings (SSSR count). The number of benzene rings is 1. The van der Waals surface area contributed by atoms with Crippen molar-refractivity contribution >= 4 is 17.6 Å². The molecule has 0 atom stereocenters. The number of amides is 1. The average molecular weight is 452 g/mol. The summed E-state index contributed by atoms with van der Waals surface area (Å²) in [6.45, 7) is 4.15. The van der Waals surface area contributed by atoms with Crippen LogP contribution in [0.4, 0.5) is 23.8 Å². The van der Waals surface area contributed by atoms with Crippen LogP contribution in [0.1, 0.15) is 30.9 Å². The highest BCUT2D eigenvalue weighted by Crippen LogP contribution is 2.25. The third-order valence-corrected chi connectivity index (χ3v) is 4.91. The van der Waals surface area contributed by atoms with Crippen LogP contribution in [0, 0.1) is 6.92 Å². The first-order valence-electron chi connectivity index (χ1n) is 9.74. The smallest absolute Gasteiger partial charge is 0.530 e. The lowest BCUT2D eigenvalue weighted by molar-refractivity contribution is -0.274. The number of likely N-dealkylation sites (tertiary alicyclic amines) is 1. The third kappa shape index (κ3) is 6.22. The van der Waals surface area contributed by atoms with Crippen LogP contribution in [-0.2, 0) is 0 Å². The summed E-state index contributed by atoms with van der Waals surface area (Å²) in [7, 11) is 0. The molecule has 0 saturated carbocycles. The summed E-state index contributed by atoms with van der Waals surface area (Å²) in [6.07, 6.45) is -3.39. The fourth-order valence-electron chi connectivity index (χ4n) is 3.13. The summed E-state index contributed by atoms with van der Waals surface area (Å²) >= 11 is 0. The molecule has 0 radical (unpaired) electrons. The Hall–Kier alpha value is -3.57. The van der Waals surface area contributed by atoms with Crippen LogP contribution >= 0.6 is 0 Å². The van der Waals surface area contributed by atoms with E-state index in [2.05, 4.69) is 25.2 Å². The number of halogens is 3. The summed E-state index contributed by atoms with van der Waals surface area (Å²) in [6, 6.07) is 5.27.